The minimum Gasteiger partial charge on any atom is -0.457 e. The molecule has 0 spiro atoms. The highest BCUT2D eigenvalue weighted by molar-refractivity contribution is 5.33. The zero-order valence-corrected chi connectivity index (χ0v) is 9.13. The van der Waals surface area contributed by atoms with Crippen molar-refractivity contribution in [2.45, 2.75) is 13.0 Å². The summed E-state index contributed by atoms with van der Waals surface area (Å²) in [6, 6.07) is 17.1. The summed E-state index contributed by atoms with van der Waals surface area (Å²) in [6.07, 6.45) is -0.439. The van der Waals surface area contributed by atoms with Crippen molar-refractivity contribution in [2.75, 3.05) is 0 Å². The van der Waals surface area contributed by atoms with Gasteiger partial charge in [-0.15, -0.1) is 0 Å². The lowest BCUT2D eigenvalue weighted by Gasteiger charge is -2.07. The summed E-state index contributed by atoms with van der Waals surface area (Å²) in [5.74, 6) is 1.59. The van der Waals surface area contributed by atoms with Gasteiger partial charge in [0.25, 0.3) is 0 Å². The second kappa shape index (κ2) is 4.81. The van der Waals surface area contributed by atoms with Crippen LogP contribution in [0.2, 0.25) is 0 Å². The highest BCUT2D eigenvalue weighted by Gasteiger charge is 2.01. The molecule has 1 N–H and O–H groups in total. The van der Waals surface area contributed by atoms with Gasteiger partial charge in [0.1, 0.15) is 11.5 Å². The van der Waals surface area contributed by atoms with Gasteiger partial charge < -0.3 is 9.84 Å². The van der Waals surface area contributed by atoms with Crippen LogP contribution in [0.1, 0.15) is 18.6 Å². The first-order valence-electron chi connectivity index (χ1n) is 5.26. The molecule has 0 aliphatic heterocycles. The smallest absolute Gasteiger partial charge is 0.127 e. The lowest BCUT2D eigenvalue weighted by molar-refractivity contribution is 0.199. The van der Waals surface area contributed by atoms with Crippen molar-refractivity contribution >= 4 is 0 Å². The molecule has 0 unspecified atom stereocenters. The normalized spacial score (nSPS) is 12.1. The molecule has 2 aromatic rings. The molecule has 0 aliphatic rings. The monoisotopic (exact) mass is 214 g/mol. The molecular weight excluding hydrogens is 200 g/mol. The van der Waals surface area contributed by atoms with E-state index in [1.807, 2.05) is 54.6 Å². The quantitative estimate of drug-likeness (QED) is 0.846. The van der Waals surface area contributed by atoms with E-state index >= 15 is 0 Å². The predicted molar refractivity (Wildman–Crippen MR) is 63.6 cm³/mol. The lowest BCUT2D eigenvalue weighted by Crippen LogP contribution is -1.90. The van der Waals surface area contributed by atoms with Crippen molar-refractivity contribution < 1.29 is 9.84 Å². The number of hydrogen-bond acceptors (Lipinski definition) is 2. The molecule has 0 radical (unpaired) electrons. The van der Waals surface area contributed by atoms with Crippen LogP contribution < -0.4 is 4.74 Å². The van der Waals surface area contributed by atoms with Crippen molar-refractivity contribution in [3.63, 3.8) is 0 Å². The van der Waals surface area contributed by atoms with E-state index in [0.717, 1.165) is 17.1 Å². The minimum atomic E-state index is -0.439. The number of hydrogen-bond donors (Lipinski definition) is 1. The first-order valence-corrected chi connectivity index (χ1v) is 5.26. The van der Waals surface area contributed by atoms with Crippen molar-refractivity contribution in [2.24, 2.45) is 0 Å². The molecule has 2 nitrogen and oxygen atoms in total. The maximum atomic E-state index is 9.36. The fraction of sp³-hybridized carbons (Fsp3) is 0.143. The van der Waals surface area contributed by atoms with Gasteiger partial charge in [-0.2, -0.15) is 0 Å². The number of para-hydroxylation sites is 1. The average molecular weight is 214 g/mol. The van der Waals surface area contributed by atoms with E-state index in [9.17, 15) is 5.11 Å². The minimum absolute atomic E-state index is 0.439. The van der Waals surface area contributed by atoms with Crippen molar-refractivity contribution in [1.82, 2.24) is 0 Å². The molecule has 2 rings (SSSR count). The number of aliphatic hydroxyl groups excluding tert-OH is 1. The van der Waals surface area contributed by atoms with Gasteiger partial charge in [0.05, 0.1) is 6.10 Å². The van der Waals surface area contributed by atoms with Gasteiger partial charge in [0.2, 0.25) is 0 Å². The molecule has 0 aromatic heterocycles. The second-order valence-electron chi connectivity index (χ2n) is 3.66. The lowest BCUT2D eigenvalue weighted by atomic mass is 10.1. The Bertz CT molecular complexity index is 432. The van der Waals surface area contributed by atoms with Gasteiger partial charge in [-0.3, -0.25) is 0 Å². The molecule has 82 valence electrons. The average Bonchev–Trinajstić information content (AvgIpc) is 2.31. The predicted octanol–water partition coefficient (Wildman–Crippen LogP) is 3.53. The zero-order valence-electron chi connectivity index (χ0n) is 9.13. The van der Waals surface area contributed by atoms with E-state index in [-0.39, 0.29) is 0 Å². The Hall–Kier alpha value is -1.80. The fourth-order valence-electron chi connectivity index (χ4n) is 1.44. The third kappa shape index (κ3) is 2.61. The molecule has 0 heterocycles. The van der Waals surface area contributed by atoms with Crippen molar-refractivity contribution in [3.8, 4) is 11.5 Å². The van der Waals surface area contributed by atoms with Crippen LogP contribution in [0.4, 0.5) is 0 Å². The summed E-state index contributed by atoms with van der Waals surface area (Å²) in [7, 11) is 0. The Morgan fingerprint density at radius 1 is 0.875 bits per heavy atom. The van der Waals surface area contributed by atoms with Crippen LogP contribution in [-0.4, -0.2) is 5.11 Å². The van der Waals surface area contributed by atoms with Crippen LogP contribution >= 0.6 is 0 Å². The fourth-order valence-corrected chi connectivity index (χ4v) is 1.44. The summed E-state index contributed by atoms with van der Waals surface area (Å²) in [4.78, 5) is 0. The van der Waals surface area contributed by atoms with Gasteiger partial charge in [0, 0.05) is 0 Å². The SMILES string of the molecule is C[C@@H](O)c1ccc(Oc2ccccc2)cc1. The molecule has 2 heteroatoms. The van der Waals surface area contributed by atoms with Gasteiger partial charge in [-0.05, 0) is 36.8 Å². The van der Waals surface area contributed by atoms with Crippen LogP contribution in [0.5, 0.6) is 11.5 Å². The molecule has 0 amide bonds. The highest BCUT2D eigenvalue weighted by Crippen LogP contribution is 2.22. The number of ether oxygens (including phenoxy) is 1. The topological polar surface area (TPSA) is 29.5 Å². The maximum Gasteiger partial charge on any atom is 0.127 e. The van der Waals surface area contributed by atoms with E-state index in [0.29, 0.717) is 0 Å². The van der Waals surface area contributed by atoms with Gasteiger partial charge in [-0.25, -0.2) is 0 Å². The van der Waals surface area contributed by atoms with Crippen LogP contribution in [-0.2, 0) is 0 Å². The standard InChI is InChI=1S/C14H14O2/c1-11(15)12-7-9-14(10-8-12)16-13-5-3-2-4-6-13/h2-11,15H,1H3/t11-/m1/s1. The van der Waals surface area contributed by atoms with Crippen LogP contribution in [0.25, 0.3) is 0 Å². The van der Waals surface area contributed by atoms with E-state index in [1.165, 1.54) is 0 Å². The van der Waals surface area contributed by atoms with Crippen LogP contribution in [0.15, 0.2) is 54.6 Å². The summed E-state index contributed by atoms with van der Waals surface area (Å²) >= 11 is 0. The Morgan fingerprint density at radius 2 is 1.44 bits per heavy atom. The first-order chi connectivity index (χ1) is 7.75. The number of rotatable bonds is 3. The van der Waals surface area contributed by atoms with E-state index in [2.05, 4.69) is 0 Å². The summed E-state index contributed by atoms with van der Waals surface area (Å²) in [5, 5.41) is 9.36. The Kier molecular flexibility index (Phi) is 3.22. The summed E-state index contributed by atoms with van der Waals surface area (Å²) < 4.78 is 5.63. The van der Waals surface area contributed by atoms with Crippen molar-refractivity contribution in [1.29, 1.82) is 0 Å². The molecule has 1 atom stereocenters. The molecule has 16 heavy (non-hydrogen) atoms. The first kappa shape index (κ1) is 10.7. The third-order valence-corrected chi connectivity index (χ3v) is 2.34. The number of benzene rings is 2. The molecule has 0 fully saturated rings. The molecule has 2 aromatic carbocycles. The highest BCUT2D eigenvalue weighted by atomic mass is 16.5. The van der Waals surface area contributed by atoms with Gasteiger partial charge in [-0.1, -0.05) is 30.3 Å². The second-order valence-corrected chi connectivity index (χ2v) is 3.66. The molecule has 0 aliphatic carbocycles. The molecule has 0 saturated heterocycles. The van der Waals surface area contributed by atoms with E-state index < -0.39 is 6.10 Å². The number of aliphatic hydroxyl groups is 1. The Balaban J connectivity index is 2.11. The largest absolute Gasteiger partial charge is 0.457 e. The Morgan fingerprint density at radius 3 is 2.00 bits per heavy atom. The van der Waals surface area contributed by atoms with Gasteiger partial charge >= 0.3 is 0 Å². The molecular formula is C14H14O2. The van der Waals surface area contributed by atoms with Gasteiger partial charge in [0.15, 0.2) is 0 Å². The molecule has 0 bridgehead atoms. The van der Waals surface area contributed by atoms with Crippen molar-refractivity contribution in [3.05, 3.63) is 60.2 Å². The van der Waals surface area contributed by atoms with Crippen LogP contribution in [0, 0.1) is 0 Å². The zero-order chi connectivity index (χ0) is 11.4. The maximum absolute atomic E-state index is 9.36. The Labute approximate surface area is 95.1 Å². The summed E-state index contributed by atoms with van der Waals surface area (Å²) in [5.41, 5.74) is 0.889. The van der Waals surface area contributed by atoms with E-state index in [4.69, 9.17) is 4.74 Å². The summed E-state index contributed by atoms with van der Waals surface area (Å²) in [6.45, 7) is 1.74. The third-order valence-electron chi connectivity index (χ3n) is 2.34. The van der Waals surface area contributed by atoms with E-state index in [1.54, 1.807) is 6.92 Å². The molecule has 0 saturated carbocycles. The van der Waals surface area contributed by atoms with Crippen LogP contribution in [0.3, 0.4) is 0 Å².